The van der Waals surface area contributed by atoms with E-state index in [0.29, 0.717) is 50.1 Å². The zero-order valence-electron chi connectivity index (χ0n) is 19.6. The highest BCUT2D eigenvalue weighted by molar-refractivity contribution is 5.91. The number of pyridine rings is 1. The van der Waals surface area contributed by atoms with E-state index in [9.17, 15) is 4.79 Å². The molecular weight excluding hydrogens is 450 g/mol. The van der Waals surface area contributed by atoms with Crippen LogP contribution in [0.25, 0.3) is 11.0 Å². The lowest BCUT2D eigenvalue weighted by atomic mass is 9.89. The molecule has 2 saturated heterocycles. The van der Waals surface area contributed by atoms with E-state index in [2.05, 4.69) is 47.4 Å². The summed E-state index contributed by atoms with van der Waals surface area (Å²) in [6.45, 7) is 3.63. The number of carbonyl (C=O) groups is 1. The fourth-order valence-electron chi connectivity index (χ4n) is 5.24. The third-order valence-corrected chi connectivity index (χ3v) is 7.28. The maximum atomic E-state index is 13.0. The standard InChI is InChI=1S/C24H29N7O4/c1-33-9-10-35-24-29-21(22(32)27-19-17-12-34-13-18(17)19)28-23(30-24)31-7-4-14(5-8-31)16-11-26-20-15(16)3-2-6-25-20/h2-3,6,11,14,17-19H,4-5,7-10,12-13H2,1H3,(H,25,26)(H,27,32)/t17-,18?,19?/m0/s1. The summed E-state index contributed by atoms with van der Waals surface area (Å²) in [7, 11) is 1.60. The smallest absolute Gasteiger partial charge is 0.322 e. The molecule has 3 atom stereocenters. The number of ether oxygens (including phenoxy) is 3. The minimum absolute atomic E-state index is 0.0816. The Kier molecular flexibility index (Phi) is 5.95. The summed E-state index contributed by atoms with van der Waals surface area (Å²) in [6.07, 6.45) is 5.76. The number of fused-ring (bicyclic) bond motifs is 2. The Balaban J connectivity index is 1.17. The van der Waals surface area contributed by atoms with Gasteiger partial charge in [-0.3, -0.25) is 4.79 Å². The van der Waals surface area contributed by atoms with E-state index in [0.717, 1.165) is 31.6 Å². The third kappa shape index (κ3) is 4.41. The second-order valence-corrected chi connectivity index (χ2v) is 9.35. The molecule has 35 heavy (non-hydrogen) atoms. The van der Waals surface area contributed by atoms with Gasteiger partial charge in [-0.15, -0.1) is 0 Å². The Morgan fingerprint density at radius 1 is 1.20 bits per heavy atom. The zero-order valence-corrected chi connectivity index (χ0v) is 19.6. The van der Waals surface area contributed by atoms with Gasteiger partial charge in [-0.2, -0.15) is 15.0 Å². The van der Waals surface area contributed by atoms with Crippen molar-refractivity contribution in [3.05, 3.63) is 35.9 Å². The number of nitrogens with one attached hydrogen (secondary N) is 2. The lowest BCUT2D eigenvalue weighted by molar-refractivity contribution is 0.0915. The van der Waals surface area contributed by atoms with E-state index < -0.39 is 0 Å². The van der Waals surface area contributed by atoms with Gasteiger partial charge in [0, 0.05) is 55.9 Å². The van der Waals surface area contributed by atoms with E-state index in [1.165, 1.54) is 10.9 Å². The van der Waals surface area contributed by atoms with Crippen LogP contribution in [0.4, 0.5) is 5.95 Å². The topological polar surface area (TPSA) is 127 Å². The number of methoxy groups -OCH3 is 1. The first-order valence-electron chi connectivity index (χ1n) is 12.1. The molecular formula is C24H29N7O4. The van der Waals surface area contributed by atoms with Crippen LogP contribution in [-0.2, 0) is 9.47 Å². The molecule has 11 nitrogen and oxygen atoms in total. The molecule has 2 aliphatic heterocycles. The first-order chi connectivity index (χ1) is 17.2. The van der Waals surface area contributed by atoms with Gasteiger partial charge in [-0.05, 0) is 36.5 Å². The van der Waals surface area contributed by atoms with Gasteiger partial charge in [0.05, 0.1) is 19.8 Å². The van der Waals surface area contributed by atoms with Gasteiger partial charge in [-0.1, -0.05) is 0 Å². The number of amides is 1. The minimum Gasteiger partial charge on any atom is -0.461 e. The zero-order chi connectivity index (χ0) is 23.8. The van der Waals surface area contributed by atoms with Crippen LogP contribution in [-0.4, -0.2) is 83.5 Å². The van der Waals surface area contributed by atoms with Crippen LogP contribution in [0.1, 0.15) is 34.9 Å². The molecule has 3 fully saturated rings. The molecule has 3 aromatic rings. The maximum absolute atomic E-state index is 13.0. The molecule has 6 rings (SSSR count). The molecule has 0 spiro atoms. The molecule has 11 heteroatoms. The monoisotopic (exact) mass is 479 g/mol. The number of nitrogens with zero attached hydrogens (tertiary/aromatic N) is 5. The maximum Gasteiger partial charge on any atom is 0.322 e. The molecule has 1 saturated carbocycles. The number of hydrogen-bond donors (Lipinski definition) is 2. The molecule has 3 aromatic heterocycles. The van der Waals surface area contributed by atoms with Gasteiger partial charge in [0.2, 0.25) is 11.8 Å². The normalized spacial score (nSPS) is 23.9. The number of piperidine rings is 1. The second-order valence-electron chi connectivity index (χ2n) is 9.35. The largest absolute Gasteiger partial charge is 0.461 e. The molecule has 1 aliphatic carbocycles. The van der Waals surface area contributed by atoms with Crippen molar-refractivity contribution >= 4 is 22.9 Å². The fraction of sp³-hybridized carbons (Fsp3) is 0.542. The van der Waals surface area contributed by atoms with Crippen molar-refractivity contribution in [3.63, 3.8) is 0 Å². The number of aromatic nitrogens is 5. The molecule has 5 heterocycles. The quantitative estimate of drug-likeness (QED) is 0.462. The van der Waals surface area contributed by atoms with E-state index in [-0.39, 0.29) is 23.8 Å². The number of aromatic amines is 1. The van der Waals surface area contributed by atoms with Crippen molar-refractivity contribution in [3.8, 4) is 6.01 Å². The average molecular weight is 480 g/mol. The van der Waals surface area contributed by atoms with Crippen molar-refractivity contribution in [2.24, 2.45) is 11.8 Å². The Morgan fingerprint density at radius 3 is 2.83 bits per heavy atom. The summed E-state index contributed by atoms with van der Waals surface area (Å²) >= 11 is 0. The lowest BCUT2D eigenvalue weighted by Gasteiger charge is -2.32. The molecule has 3 aliphatic rings. The summed E-state index contributed by atoms with van der Waals surface area (Å²) in [5.74, 6) is 1.47. The van der Waals surface area contributed by atoms with Crippen molar-refractivity contribution in [1.82, 2.24) is 30.2 Å². The van der Waals surface area contributed by atoms with Gasteiger partial charge in [0.25, 0.3) is 5.91 Å². The van der Waals surface area contributed by atoms with E-state index in [4.69, 9.17) is 14.2 Å². The summed E-state index contributed by atoms with van der Waals surface area (Å²) in [5.41, 5.74) is 2.22. The predicted octanol–water partition coefficient (Wildman–Crippen LogP) is 1.53. The van der Waals surface area contributed by atoms with Gasteiger partial charge in [0.1, 0.15) is 12.3 Å². The van der Waals surface area contributed by atoms with Crippen molar-refractivity contribution in [2.45, 2.75) is 24.8 Å². The van der Waals surface area contributed by atoms with Crippen LogP contribution in [0.15, 0.2) is 24.5 Å². The second kappa shape index (κ2) is 9.38. The number of H-pyrrole nitrogens is 1. The van der Waals surface area contributed by atoms with E-state index >= 15 is 0 Å². The summed E-state index contributed by atoms with van der Waals surface area (Å²) in [6, 6.07) is 4.36. The first-order valence-corrected chi connectivity index (χ1v) is 12.1. The highest BCUT2D eigenvalue weighted by Gasteiger charge is 2.55. The molecule has 0 aromatic carbocycles. The van der Waals surface area contributed by atoms with E-state index in [1.807, 2.05) is 6.07 Å². The SMILES string of the molecule is COCCOc1nc(C(=O)NC2C3COC[C@@H]32)nc(N2CCC(c3c[nH]c4ncccc34)CC2)n1. The number of anilines is 1. The van der Waals surface area contributed by atoms with Crippen LogP contribution < -0.4 is 15.0 Å². The lowest BCUT2D eigenvalue weighted by Crippen LogP contribution is -2.36. The Labute approximate surface area is 202 Å². The average Bonchev–Trinajstić information content (AvgIpc) is 3.24. The molecule has 2 unspecified atom stereocenters. The Morgan fingerprint density at radius 2 is 2.03 bits per heavy atom. The van der Waals surface area contributed by atoms with Crippen LogP contribution in [0.5, 0.6) is 6.01 Å². The highest BCUT2D eigenvalue weighted by atomic mass is 16.5. The minimum atomic E-state index is -0.300. The Hall–Kier alpha value is -3.31. The van der Waals surface area contributed by atoms with Crippen LogP contribution in [0, 0.1) is 11.8 Å². The third-order valence-electron chi connectivity index (χ3n) is 7.28. The van der Waals surface area contributed by atoms with Gasteiger partial charge >= 0.3 is 6.01 Å². The van der Waals surface area contributed by atoms with Crippen LogP contribution in [0.3, 0.4) is 0 Å². The van der Waals surface area contributed by atoms with Crippen molar-refractivity contribution < 1.29 is 19.0 Å². The van der Waals surface area contributed by atoms with Gasteiger partial charge in [-0.25, -0.2) is 4.98 Å². The predicted molar refractivity (Wildman–Crippen MR) is 127 cm³/mol. The number of carbonyl (C=O) groups excluding carboxylic acids is 1. The van der Waals surface area contributed by atoms with Crippen molar-refractivity contribution in [1.29, 1.82) is 0 Å². The molecule has 184 valence electrons. The van der Waals surface area contributed by atoms with Gasteiger partial charge < -0.3 is 29.4 Å². The van der Waals surface area contributed by atoms with E-state index in [1.54, 1.807) is 13.3 Å². The molecule has 0 bridgehead atoms. The van der Waals surface area contributed by atoms with Crippen molar-refractivity contribution in [2.75, 3.05) is 51.5 Å². The molecule has 2 N–H and O–H groups in total. The highest BCUT2D eigenvalue weighted by Crippen LogP contribution is 2.44. The number of rotatable bonds is 8. The first kappa shape index (κ1) is 22.2. The molecule has 1 amide bonds. The molecule has 0 radical (unpaired) electrons. The van der Waals surface area contributed by atoms with Crippen LogP contribution >= 0.6 is 0 Å². The van der Waals surface area contributed by atoms with Crippen LogP contribution in [0.2, 0.25) is 0 Å². The summed E-state index contributed by atoms with van der Waals surface area (Å²) < 4.78 is 16.2. The summed E-state index contributed by atoms with van der Waals surface area (Å²) in [5, 5.41) is 4.23. The number of hydrogen-bond acceptors (Lipinski definition) is 9. The Bertz CT molecular complexity index is 1200. The fourth-order valence-corrected chi connectivity index (χ4v) is 5.24. The van der Waals surface area contributed by atoms with Gasteiger partial charge in [0.15, 0.2) is 0 Å². The summed E-state index contributed by atoms with van der Waals surface area (Å²) in [4.78, 5) is 36.1.